The van der Waals surface area contributed by atoms with Gasteiger partial charge < -0.3 is 0 Å². The Morgan fingerprint density at radius 1 is 1.71 bits per heavy atom. The van der Waals surface area contributed by atoms with Crippen LogP contribution in [0.3, 0.4) is 0 Å². The summed E-state index contributed by atoms with van der Waals surface area (Å²) in [7, 11) is 2.12. The van der Waals surface area contributed by atoms with Gasteiger partial charge in [0.15, 0.2) is 0 Å². The van der Waals surface area contributed by atoms with Crippen LogP contribution >= 0.6 is 11.8 Å². The summed E-state index contributed by atoms with van der Waals surface area (Å²) < 4.78 is 0. The zero-order valence-electron chi connectivity index (χ0n) is 4.42. The van der Waals surface area contributed by atoms with E-state index in [9.17, 15) is 0 Å². The highest BCUT2D eigenvalue weighted by atomic mass is 32.2. The van der Waals surface area contributed by atoms with E-state index in [-0.39, 0.29) is 0 Å². The molecular weight excluding hydrogens is 106 g/mol. The van der Waals surface area contributed by atoms with E-state index < -0.39 is 0 Å². The first-order valence-corrected chi connectivity index (χ1v) is 3.39. The van der Waals surface area contributed by atoms with Crippen LogP contribution in [-0.4, -0.2) is 24.4 Å². The SMILES string of the molecule is CN1CC=CSC1. The lowest BCUT2D eigenvalue weighted by Crippen LogP contribution is -2.18. The quantitative estimate of drug-likeness (QED) is 0.465. The minimum atomic E-state index is 1.12. The Balaban J connectivity index is 2.32. The van der Waals surface area contributed by atoms with E-state index in [0.29, 0.717) is 0 Å². The normalized spacial score (nSPS) is 23.0. The van der Waals surface area contributed by atoms with E-state index >= 15 is 0 Å². The van der Waals surface area contributed by atoms with Crippen molar-refractivity contribution < 1.29 is 0 Å². The molecule has 0 saturated carbocycles. The molecule has 0 unspecified atom stereocenters. The highest BCUT2D eigenvalue weighted by Gasteiger charge is 1.96. The summed E-state index contributed by atoms with van der Waals surface area (Å²) in [5.74, 6) is 1.15. The summed E-state index contributed by atoms with van der Waals surface area (Å²) in [4.78, 5) is 2.27. The molecule has 0 N–H and O–H groups in total. The molecule has 0 atom stereocenters. The molecule has 0 bridgehead atoms. The minimum Gasteiger partial charge on any atom is -0.293 e. The number of likely N-dealkylation sites (N-methyl/N-ethyl adjacent to an activating group) is 1. The third-order valence-corrected chi connectivity index (χ3v) is 1.88. The third-order valence-electron chi connectivity index (χ3n) is 0.904. The van der Waals surface area contributed by atoms with Gasteiger partial charge in [-0.15, -0.1) is 11.8 Å². The van der Waals surface area contributed by atoms with Gasteiger partial charge in [0, 0.05) is 12.4 Å². The smallest absolute Gasteiger partial charge is 0.0485 e. The highest BCUT2D eigenvalue weighted by Crippen LogP contribution is 2.08. The predicted molar refractivity (Wildman–Crippen MR) is 34.2 cm³/mol. The number of nitrogens with zero attached hydrogens (tertiary/aromatic N) is 1. The van der Waals surface area contributed by atoms with E-state index in [4.69, 9.17) is 0 Å². The molecule has 7 heavy (non-hydrogen) atoms. The molecule has 1 aliphatic heterocycles. The van der Waals surface area contributed by atoms with Crippen LogP contribution in [0.25, 0.3) is 0 Å². The molecule has 1 aliphatic rings. The van der Waals surface area contributed by atoms with Gasteiger partial charge in [-0.05, 0) is 12.5 Å². The molecule has 2 heteroatoms. The van der Waals surface area contributed by atoms with Gasteiger partial charge in [-0.25, -0.2) is 0 Å². The fourth-order valence-electron chi connectivity index (χ4n) is 0.514. The maximum Gasteiger partial charge on any atom is 0.0485 e. The molecule has 0 aromatic rings. The van der Waals surface area contributed by atoms with Crippen molar-refractivity contribution in [3.05, 3.63) is 11.5 Å². The van der Waals surface area contributed by atoms with Crippen molar-refractivity contribution >= 4 is 11.8 Å². The highest BCUT2D eigenvalue weighted by molar-refractivity contribution is 8.02. The average molecular weight is 115 g/mol. The van der Waals surface area contributed by atoms with Gasteiger partial charge in [0.1, 0.15) is 0 Å². The van der Waals surface area contributed by atoms with Gasteiger partial charge in [0.05, 0.1) is 0 Å². The molecule has 0 aromatic carbocycles. The Morgan fingerprint density at radius 3 is 2.86 bits per heavy atom. The maximum absolute atomic E-state index is 2.27. The van der Waals surface area contributed by atoms with Crippen molar-refractivity contribution in [3.63, 3.8) is 0 Å². The fraction of sp³-hybridized carbons (Fsp3) is 0.600. The van der Waals surface area contributed by atoms with Gasteiger partial charge in [-0.2, -0.15) is 0 Å². The lowest BCUT2D eigenvalue weighted by molar-refractivity contribution is 0.436. The molecular formula is C5H9NS. The van der Waals surface area contributed by atoms with Crippen LogP contribution in [0.4, 0.5) is 0 Å². The van der Waals surface area contributed by atoms with Gasteiger partial charge in [0.25, 0.3) is 0 Å². The van der Waals surface area contributed by atoms with Crippen molar-refractivity contribution in [2.24, 2.45) is 0 Å². The summed E-state index contributed by atoms with van der Waals surface area (Å²) in [5, 5.41) is 2.15. The molecule has 0 aliphatic carbocycles. The molecule has 0 amide bonds. The van der Waals surface area contributed by atoms with Gasteiger partial charge in [-0.1, -0.05) is 6.08 Å². The van der Waals surface area contributed by atoms with Crippen molar-refractivity contribution in [3.8, 4) is 0 Å². The molecule has 40 valence electrons. The Morgan fingerprint density at radius 2 is 2.57 bits per heavy atom. The molecule has 0 aromatic heterocycles. The largest absolute Gasteiger partial charge is 0.293 e. The van der Waals surface area contributed by atoms with Crippen LogP contribution in [-0.2, 0) is 0 Å². The number of thioether (sulfide) groups is 1. The second-order valence-electron chi connectivity index (χ2n) is 1.71. The van der Waals surface area contributed by atoms with E-state index in [1.165, 1.54) is 0 Å². The van der Waals surface area contributed by atoms with Crippen molar-refractivity contribution in [2.45, 2.75) is 0 Å². The van der Waals surface area contributed by atoms with E-state index in [0.717, 1.165) is 12.4 Å². The molecule has 0 fully saturated rings. The standard InChI is InChI=1S/C5H9NS/c1-6-3-2-4-7-5-6/h2,4H,3,5H2,1H3. The van der Waals surface area contributed by atoms with E-state index in [2.05, 4.69) is 23.4 Å². The summed E-state index contributed by atoms with van der Waals surface area (Å²) in [6.07, 6.45) is 2.17. The van der Waals surface area contributed by atoms with Gasteiger partial charge >= 0.3 is 0 Å². The maximum atomic E-state index is 2.27. The van der Waals surface area contributed by atoms with Crippen LogP contribution in [0.15, 0.2) is 11.5 Å². The first-order chi connectivity index (χ1) is 3.39. The third kappa shape index (κ3) is 1.53. The van der Waals surface area contributed by atoms with Gasteiger partial charge in [-0.3, -0.25) is 4.90 Å². The predicted octanol–water partition coefficient (Wildman–Crippen LogP) is 1.14. The van der Waals surface area contributed by atoms with Crippen LogP contribution in [0.5, 0.6) is 0 Å². The molecule has 0 saturated heterocycles. The van der Waals surface area contributed by atoms with Crippen LogP contribution in [0, 0.1) is 0 Å². The van der Waals surface area contributed by atoms with Crippen LogP contribution in [0.2, 0.25) is 0 Å². The second-order valence-corrected chi connectivity index (χ2v) is 2.57. The minimum absolute atomic E-state index is 1.12. The van der Waals surface area contributed by atoms with Crippen molar-refractivity contribution in [1.82, 2.24) is 4.90 Å². The van der Waals surface area contributed by atoms with Gasteiger partial charge in [0.2, 0.25) is 0 Å². The van der Waals surface area contributed by atoms with Crippen molar-refractivity contribution in [1.29, 1.82) is 0 Å². The summed E-state index contributed by atoms with van der Waals surface area (Å²) in [6.45, 7) is 1.12. The zero-order chi connectivity index (χ0) is 5.11. The summed E-state index contributed by atoms with van der Waals surface area (Å²) >= 11 is 1.85. The van der Waals surface area contributed by atoms with Crippen LogP contribution in [0.1, 0.15) is 0 Å². The Labute approximate surface area is 48.4 Å². The monoisotopic (exact) mass is 115 g/mol. The summed E-state index contributed by atoms with van der Waals surface area (Å²) in [6, 6.07) is 0. The zero-order valence-corrected chi connectivity index (χ0v) is 5.24. The Hall–Kier alpha value is 0.0500. The number of hydrogen-bond acceptors (Lipinski definition) is 2. The fourth-order valence-corrected chi connectivity index (χ4v) is 1.18. The Kier molecular flexibility index (Phi) is 1.77. The molecule has 1 rings (SSSR count). The number of hydrogen-bond donors (Lipinski definition) is 0. The molecule has 0 spiro atoms. The molecule has 1 heterocycles. The van der Waals surface area contributed by atoms with Crippen LogP contribution < -0.4 is 0 Å². The topological polar surface area (TPSA) is 3.24 Å². The van der Waals surface area contributed by atoms with Crippen molar-refractivity contribution in [2.75, 3.05) is 19.5 Å². The second kappa shape index (κ2) is 2.38. The first kappa shape index (κ1) is 5.19. The molecule has 1 nitrogen and oxygen atoms in total. The lowest BCUT2D eigenvalue weighted by atomic mass is 10.6. The van der Waals surface area contributed by atoms with E-state index in [1.807, 2.05) is 11.8 Å². The van der Waals surface area contributed by atoms with E-state index in [1.54, 1.807) is 0 Å². The first-order valence-electron chi connectivity index (χ1n) is 2.35. The number of rotatable bonds is 0. The molecule has 0 radical (unpaired) electrons. The summed E-state index contributed by atoms with van der Waals surface area (Å²) in [5.41, 5.74) is 0. The lowest BCUT2D eigenvalue weighted by Gasteiger charge is -2.15. The average Bonchev–Trinajstić information content (AvgIpc) is 1.69. The Bertz CT molecular complexity index is 80.1.